The monoisotopic (exact) mass is 284 g/mol. The molecule has 0 amide bonds. The molecule has 2 aliphatic rings. The predicted octanol–water partition coefficient (Wildman–Crippen LogP) is 3.12. The molecule has 0 bridgehead atoms. The summed E-state index contributed by atoms with van der Waals surface area (Å²) in [6.45, 7) is 6.76. The van der Waals surface area contributed by atoms with Gasteiger partial charge in [0, 0.05) is 19.6 Å². The first-order chi connectivity index (χ1) is 9.64. The van der Waals surface area contributed by atoms with Crippen LogP contribution in [0.1, 0.15) is 39.0 Å². The van der Waals surface area contributed by atoms with E-state index in [0.29, 0.717) is 12.5 Å². The fourth-order valence-corrected chi connectivity index (χ4v) is 3.41. The Bertz CT molecular complexity index is 310. The molecule has 1 saturated carbocycles. The Labute approximate surface area is 122 Å². The van der Waals surface area contributed by atoms with Crippen molar-refractivity contribution in [3.05, 3.63) is 12.7 Å². The molecule has 1 saturated heterocycles. The van der Waals surface area contributed by atoms with Gasteiger partial charge in [-0.25, -0.2) is 0 Å². The van der Waals surface area contributed by atoms with Crippen LogP contribution in [0.15, 0.2) is 12.7 Å². The van der Waals surface area contributed by atoms with Gasteiger partial charge >= 0.3 is 0 Å². The normalized spacial score (nSPS) is 36.2. The van der Waals surface area contributed by atoms with Gasteiger partial charge in [-0.05, 0) is 18.8 Å². The Hall–Kier alpha value is -0.420. The van der Waals surface area contributed by atoms with Crippen LogP contribution in [0.2, 0.25) is 0 Å². The van der Waals surface area contributed by atoms with E-state index in [1.807, 2.05) is 6.08 Å². The topological polar surface area (TPSA) is 36.9 Å². The molecule has 0 aromatic rings. The molecule has 2 fully saturated rings. The molecule has 3 atom stereocenters. The first kappa shape index (κ1) is 16.0. The van der Waals surface area contributed by atoms with E-state index in [9.17, 15) is 0 Å². The second kappa shape index (κ2) is 7.03. The molecule has 20 heavy (non-hydrogen) atoms. The van der Waals surface area contributed by atoms with Gasteiger partial charge in [0.2, 0.25) is 12.6 Å². The number of hydrogen-bond acceptors (Lipinski definition) is 4. The minimum absolute atomic E-state index is 0.131. The molecule has 116 valence electrons. The summed E-state index contributed by atoms with van der Waals surface area (Å²) in [5, 5.41) is 0. The van der Waals surface area contributed by atoms with Crippen LogP contribution in [-0.4, -0.2) is 39.5 Å². The molecular formula is C16H28O4. The van der Waals surface area contributed by atoms with Gasteiger partial charge < -0.3 is 18.9 Å². The quantitative estimate of drug-likeness (QED) is 0.574. The highest BCUT2D eigenvalue weighted by molar-refractivity contribution is 5.02. The molecule has 1 aliphatic heterocycles. The third-order valence-corrected chi connectivity index (χ3v) is 4.72. The maximum Gasteiger partial charge on any atom is 0.209 e. The fraction of sp³-hybridized carbons (Fsp3) is 0.875. The predicted molar refractivity (Wildman–Crippen MR) is 77.3 cm³/mol. The first-order valence-corrected chi connectivity index (χ1v) is 7.61. The van der Waals surface area contributed by atoms with Crippen molar-refractivity contribution in [2.45, 2.75) is 57.7 Å². The third-order valence-electron chi connectivity index (χ3n) is 4.72. The van der Waals surface area contributed by atoms with Gasteiger partial charge in [-0.2, -0.15) is 0 Å². The van der Waals surface area contributed by atoms with Crippen molar-refractivity contribution in [2.24, 2.45) is 11.3 Å². The fourth-order valence-electron chi connectivity index (χ4n) is 3.41. The third kappa shape index (κ3) is 3.25. The Balaban J connectivity index is 2.11. The maximum atomic E-state index is 6.23. The van der Waals surface area contributed by atoms with Crippen LogP contribution < -0.4 is 0 Å². The maximum absolute atomic E-state index is 6.23. The molecule has 4 heteroatoms. The van der Waals surface area contributed by atoms with Gasteiger partial charge in [0.15, 0.2) is 0 Å². The standard InChI is InChI=1S/C16H28O4/c1-5-16(2)11-19-15(14(17-3)18-4)20-13(16)12-9-7-6-8-10-12/h5,12-15H,1,6-11H2,2-4H3/t13-,15+,16+/m1/s1. The summed E-state index contributed by atoms with van der Waals surface area (Å²) in [5.74, 6) is 0.576. The van der Waals surface area contributed by atoms with Crippen molar-refractivity contribution in [1.29, 1.82) is 0 Å². The lowest BCUT2D eigenvalue weighted by Gasteiger charge is -2.47. The van der Waals surface area contributed by atoms with Gasteiger partial charge in [0.25, 0.3) is 0 Å². The van der Waals surface area contributed by atoms with E-state index in [2.05, 4.69) is 13.5 Å². The van der Waals surface area contributed by atoms with E-state index in [1.54, 1.807) is 14.2 Å². The summed E-state index contributed by atoms with van der Waals surface area (Å²) in [5.41, 5.74) is -0.134. The number of rotatable bonds is 5. The van der Waals surface area contributed by atoms with Crippen molar-refractivity contribution < 1.29 is 18.9 Å². The highest BCUT2D eigenvalue weighted by Gasteiger charge is 2.46. The van der Waals surface area contributed by atoms with Gasteiger partial charge in [0.05, 0.1) is 12.7 Å². The SMILES string of the molecule is C=C[C@@]1(C)CO[C@H](C(OC)OC)O[C@@H]1C1CCCCC1. The molecule has 0 aromatic carbocycles. The molecular weight excluding hydrogens is 256 g/mol. The van der Waals surface area contributed by atoms with Crippen LogP contribution in [-0.2, 0) is 18.9 Å². The second-order valence-corrected chi connectivity index (χ2v) is 6.18. The van der Waals surface area contributed by atoms with Crippen LogP contribution in [0.3, 0.4) is 0 Å². The zero-order valence-electron chi connectivity index (χ0n) is 13.0. The van der Waals surface area contributed by atoms with Crippen molar-refractivity contribution in [2.75, 3.05) is 20.8 Å². The zero-order valence-corrected chi connectivity index (χ0v) is 13.0. The van der Waals surface area contributed by atoms with E-state index < -0.39 is 12.6 Å². The minimum Gasteiger partial charge on any atom is -0.351 e. The Kier molecular flexibility index (Phi) is 5.61. The minimum atomic E-state index is -0.476. The Morgan fingerprint density at radius 3 is 2.40 bits per heavy atom. The van der Waals surface area contributed by atoms with Crippen LogP contribution in [0.25, 0.3) is 0 Å². The number of methoxy groups -OCH3 is 2. The summed E-state index contributed by atoms with van der Waals surface area (Å²) >= 11 is 0. The summed E-state index contributed by atoms with van der Waals surface area (Å²) in [6.07, 6.45) is 7.57. The molecule has 0 aromatic heterocycles. The summed E-state index contributed by atoms with van der Waals surface area (Å²) in [4.78, 5) is 0. The van der Waals surface area contributed by atoms with Gasteiger partial charge in [0.1, 0.15) is 0 Å². The van der Waals surface area contributed by atoms with Crippen LogP contribution in [0, 0.1) is 11.3 Å². The molecule has 4 nitrogen and oxygen atoms in total. The molecule has 1 heterocycles. The lowest BCUT2D eigenvalue weighted by molar-refractivity contribution is -0.336. The van der Waals surface area contributed by atoms with Crippen LogP contribution in [0.4, 0.5) is 0 Å². The van der Waals surface area contributed by atoms with Gasteiger partial charge in [-0.15, -0.1) is 6.58 Å². The highest BCUT2D eigenvalue weighted by Crippen LogP contribution is 2.42. The van der Waals surface area contributed by atoms with E-state index in [4.69, 9.17) is 18.9 Å². The summed E-state index contributed by atoms with van der Waals surface area (Å²) in [6, 6.07) is 0. The molecule has 0 N–H and O–H groups in total. The lowest BCUT2D eigenvalue weighted by atomic mass is 9.72. The molecule has 0 radical (unpaired) electrons. The summed E-state index contributed by atoms with van der Waals surface area (Å²) < 4.78 is 22.6. The molecule has 0 spiro atoms. The first-order valence-electron chi connectivity index (χ1n) is 7.61. The van der Waals surface area contributed by atoms with Crippen LogP contribution in [0.5, 0.6) is 0 Å². The van der Waals surface area contributed by atoms with E-state index in [0.717, 1.165) is 0 Å². The van der Waals surface area contributed by atoms with Crippen molar-refractivity contribution in [3.8, 4) is 0 Å². The Morgan fingerprint density at radius 2 is 1.85 bits per heavy atom. The zero-order chi connectivity index (χ0) is 14.6. The van der Waals surface area contributed by atoms with E-state index in [-0.39, 0.29) is 11.5 Å². The van der Waals surface area contributed by atoms with Crippen molar-refractivity contribution in [1.82, 2.24) is 0 Å². The largest absolute Gasteiger partial charge is 0.351 e. The molecule has 1 aliphatic carbocycles. The highest BCUT2D eigenvalue weighted by atomic mass is 16.8. The van der Waals surface area contributed by atoms with Crippen LogP contribution >= 0.6 is 0 Å². The summed E-state index contributed by atoms with van der Waals surface area (Å²) in [7, 11) is 3.22. The average Bonchev–Trinajstić information content (AvgIpc) is 2.51. The molecule has 0 unspecified atom stereocenters. The Morgan fingerprint density at radius 1 is 1.20 bits per heavy atom. The number of ether oxygens (including phenoxy) is 4. The second-order valence-electron chi connectivity index (χ2n) is 6.18. The lowest BCUT2D eigenvalue weighted by Crippen LogP contribution is -2.53. The van der Waals surface area contributed by atoms with Gasteiger partial charge in [-0.3, -0.25) is 0 Å². The van der Waals surface area contributed by atoms with Crippen molar-refractivity contribution >= 4 is 0 Å². The van der Waals surface area contributed by atoms with Crippen molar-refractivity contribution in [3.63, 3.8) is 0 Å². The number of hydrogen-bond donors (Lipinski definition) is 0. The van der Waals surface area contributed by atoms with Gasteiger partial charge in [-0.1, -0.05) is 32.3 Å². The average molecular weight is 284 g/mol. The van der Waals surface area contributed by atoms with E-state index >= 15 is 0 Å². The van der Waals surface area contributed by atoms with E-state index in [1.165, 1.54) is 32.1 Å². The smallest absolute Gasteiger partial charge is 0.209 e. The molecule has 2 rings (SSSR count).